The van der Waals surface area contributed by atoms with Crippen LogP contribution >= 0.6 is 23.2 Å². The third kappa shape index (κ3) is 5.09. The number of hydrogen-bond donors (Lipinski definition) is 1. The number of nitrogens with one attached hydrogen (secondary N) is 1. The summed E-state index contributed by atoms with van der Waals surface area (Å²) in [5.74, 6) is -0.891. The van der Waals surface area contributed by atoms with Crippen LogP contribution in [0.25, 0.3) is 0 Å². The van der Waals surface area contributed by atoms with Gasteiger partial charge in [0.1, 0.15) is 5.82 Å². The van der Waals surface area contributed by atoms with Crippen molar-refractivity contribution in [3.8, 4) is 0 Å². The summed E-state index contributed by atoms with van der Waals surface area (Å²) in [5, 5.41) is 3.82. The largest absolute Gasteiger partial charge is 0.349 e. The number of sulfonamides is 1. The SMILES string of the molecule is CC(NC(=O)C1CCN(S(=O)(=O)c2ccc(F)cc2)CC1)c1ccc(Cl)c(Cl)c1. The predicted molar refractivity (Wildman–Crippen MR) is 111 cm³/mol. The minimum absolute atomic E-state index is 0.0510. The van der Waals surface area contributed by atoms with Crippen molar-refractivity contribution in [3.63, 3.8) is 0 Å². The maximum Gasteiger partial charge on any atom is 0.243 e. The van der Waals surface area contributed by atoms with Crippen molar-refractivity contribution < 1.29 is 17.6 Å². The van der Waals surface area contributed by atoms with Gasteiger partial charge in [-0.1, -0.05) is 29.3 Å². The van der Waals surface area contributed by atoms with Gasteiger partial charge in [0.15, 0.2) is 0 Å². The molecule has 1 atom stereocenters. The zero-order valence-corrected chi connectivity index (χ0v) is 18.1. The van der Waals surface area contributed by atoms with Crippen LogP contribution in [0.3, 0.4) is 0 Å². The van der Waals surface area contributed by atoms with Gasteiger partial charge >= 0.3 is 0 Å². The first-order chi connectivity index (χ1) is 13.7. The summed E-state index contributed by atoms with van der Waals surface area (Å²) in [4.78, 5) is 12.7. The van der Waals surface area contributed by atoms with Gasteiger partial charge in [-0.05, 0) is 61.7 Å². The zero-order chi connectivity index (χ0) is 21.2. The van der Waals surface area contributed by atoms with E-state index in [0.717, 1.165) is 17.7 Å². The third-order valence-electron chi connectivity index (χ3n) is 5.08. The van der Waals surface area contributed by atoms with Gasteiger partial charge < -0.3 is 5.32 Å². The fourth-order valence-corrected chi connectivity index (χ4v) is 5.09. The smallest absolute Gasteiger partial charge is 0.243 e. The normalized spacial score (nSPS) is 17.1. The molecule has 0 radical (unpaired) electrons. The molecule has 2 aromatic rings. The number of hydrogen-bond acceptors (Lipinski definition) is 3. The van der Waals surface area contributed by atoms with Crippen LogP contribution in [0.1, 0.15) is 31.4 Å². The molecule has 1 amide bonds. The lowest BCUT2D eigenvalue weighted by molar-refractivity contribution is -0.126. The molecule has 1 saturated heterocycles. The van der Waals surface area contributed by atoms with Crippen LogP contribution in [-0.4, -0.2) is 31.7 Å². The molecule has 0 aliphatic carbocycles. The summed E-state index contributed by atoms with van der Waals surface area (Å²) in [6, 6.07) is 9.70. The molecule has 3 rings (SSSR count). The van der Waals surface area contributed by atoms with Crippen LogP contribution in [0.5, 0.6) is 0 Å². The minimum atomic E-state index is -3.70. The van der Waals surface area contributed by atoms with Crippen molar-refractivity contribution in [1.29, 1.82) is 0 Å². The monoisotopic (exact) mass is 458 g/mol. The fourth-order valence-electron chi connectivity index (χ4n) is 3.31. The van der Waals surface area contributed by atoms with Gasteiger partial charge in [0, 0.05) is 19.0 Å². The van der Waals surface area contributed by atoms with E-state index in [4.69, 9.17) is 23.2 Å². The number of piperidine rings is 1. The van der Waals surface area contributed by atoms with E-state index >= 15 is 0 Å². The maximum atomic E-state index is 13.1. The van der Waals surface area contributed by atoms with E-state index in [1.807, 2.05) is 6.92 Å². The Morgan fingerprint density at radius 3 is 2.31 bits per heavy atom. The molecule has 9 heteroatoms. The van der Waals surface area contributed by atoms with E-state index in [1.165, 1.54) is 16.4 Å². The molecule has 0 spiro atoms. The van der Waals surface area contributed by atoms with E-state index in [1.54, 1.807) is 18.2 Å². The van der Waals surface area contributed by atoms with Gasteiger partial charge in [0.25, 0.3) is 0 Å². The lowest BCUT2D eigenvalue weighted by atomic mass is 9.96. The van der Waals surface area contributed by atoms with E-state index in [0.29, 0.717) is 22.9 Å². The summed E-state index contributed by atoms with van der Waals surface area (Å²) in [5.41, 5.74) is 0.837. The molecule has 1 aliphatic heterocycles. The molecule has 0 saturated carbocycles. The van der Waals surface area contributed by atoms with Gasteiger partial charge in [-0.25, -0.2) is 12.8 Å². The Morgan fingerprint density at radius 2 is 1.72 bits per heavy atom. The number of benzene rings is 2. The summed E-state index contributed by atoms with van der Waals surface area (Å²) < 4.78 is 39.8. The van der Waals surface area contributed by atoms with E-state index < -0.39 is 15.8 Å². The lowest BCUT2D eigenvalue weighted by Gasteiger charge is -2.31. The lowest BCUT2D eigenvalue weighted by Crippen LogP contribution is -2.43. The van der Waals surface area contributed by atoms with Crippen molar-refractivity contribution in [1.82, 2.24) is 9.62 Å². The Bertz CT molecular complexity index is 991. The Balaban J connectivity index is 1.59. The second-order valence-electron chi connectivity index (χ2n) is 7.04. The van der Waals surface area contributed by atoms with Crippen molar-refractivity contribution >= 4 is 39.1 Å². The maximum absolute atomic E-state index is 13.1. The van der Waals surface area contributed by atoms with Gasteiger partial charge in [-0.2, -0.15) is 4.31 Å². The van der Waals surface area contributed by atoms with Gasteiger partial charge in [-0.3, -0.25) is 4.79 Å². The van der Waals surface area contributed by atoms with E-state index in [-0.39, 0.29) is 35.9 Å². The molecule has 0 bridgehead atoms. The quantitative estimate of drug-likeness (QED) is 0.721. The second-order valence-corrected chi connectivity index (χ2v) is 9.79. The molecule has 5 nitrogen and oxygen atoms in total. The predicted octanol–water partition coefficient (Wildman–Crippen LogP) is 4.41. The summed E-state index contributed by atoms with van der Waals surface area (Å²) in [7, 11) is -3.70. The number of carbonyl (C=O) groups is 1. The highest BCUT2D eigenvalue weighted by atomic mass is 35.5. The third-order valence-corrected chi connectivity index (χ3v) is 7.73. The first kappa shape index (κ1) is 22.0. The van der Waals surface area contributed by atoms with E-state index in [2.05, 4.69) is 5.32 Å². The first-order valence-corrected chi connectivity index (χ1v) is 11.4. The zero-order valence-electron chi connectivity index (χ0n) is 15.7. The molecule has 1 N–H and O–H groups in total. The molecular weight excluding hydrogens is 438 g/mol. The molecular formula is C20H21Cl2FN2O3S. The van der Waals surface area contributed by atoms with E-state index in [9.17, 15) is 17.6 Å². The highest BCUT2D eigenvalue weighted by Crippen LogP contribution is 2.27. The number of rotatable bonds is 5. The molecule has 1 fully saturated rings. The average Bonchev–Trinajstić information content (AvgIpc) is 2.70. The van der Waals surface area contributed by atoms with Gasteiger partial charge in [-0.15, -0.1) is 0 Å². The van der Waals surface area contributed by atoms with Crippen molar-refractivity contribution in [2.45, 2.75) is 30.7 Å². The van der Waals surface area contributed by atoms with Crippen molar-refractivity contribution in [3.05, 3.63) is 63.9 Å². The molecule has 29 heavy (non-hydrogen) atoms. The summed E-state index contributed by atoms with van der Waals surface area (Å²) >= 11 is 12.0. The van der Waals surface area contributed by atoms with Crippen molar-refractivity contribution in [2.75, 3.05) is 13.1 Å². The Hall–Kier alpha value is -1.67. The molecule has 0 aromatic heterocycles. The molecule has 2 aromatic carbocycles. The van der Waals surface area contributed by atoms with Gasteiger partial charge in [0.2, 0.25) is 15.9 Å². The topological polar surface area (TPSA) is 66.5 Å². The molecule has 156 valence electrons. The first-order valence-electron chi connectivity index (χ1n) is 9.19. The Kier molecular flexibility index (Phi) is 6.83. The van der Waals surface area contributed by atoms with Crippen LogP contribution in [0.2, 0.25) is 10.0 Å². The Labute approximate surface area is 179 Å². The summed E-state index contributed by atoms with van der Waals surface area (Å²) in [6.45, 7) is 2.32. The fraction of sp³-hybridized carbons (Fsp3) is 0.350. The number of nitrogens with zero attached hydrogens (tertiary/aromatic N) is 1. The second kappa shape index (κ2) is 9.00. The number of carbonyl (C=O) groups excluding carboxylic acids is 1. The van der Waals surface area contributed by atoms with Crippen LogP contribution in [0.15, 0.2) is 47.4 Å². The molecule has 1 unspecified atom stereocenters. The number of halogens is 3. The summed E-state index contributed by atoms with van der Waals surface area (Å²) in [6.07, 6.45) is 0.834. The minimum Gasteiger partial charge on any atom is -0.349 e. The number of amides is 1. The highest BCUT2D eigenvalue weighted by Gasteiger charge is 2.32. The van der Waals surface area contributed by atoms with Crippen LogP contribution in [-0.2, 0) is 14.8 Å². The molecule has 1 aliphatic rings. The van der Waals surface area contributed by atoms with Crippen molar-refractivity contribution in [2.24, 2.45) is 5.92 Å². The molecule has 1 heterocycles. The standard InChI is InChI=1S/C20H21Cl2FN2O3S/c1-13(15-2-7-18(21)19(22)12-15)24-20(26)14-8-10-25(11-9-14)29(27,28)17-5-3-16(23)4-6-17/h2-7,12-14H,8-11H2,1H3,(H,24,26). The van der Waals surface area contributed by atoms with Crippen LogP contribution in [0.4, 0.5) is 4.39 Å². The Morgan fingerprint density at radius 1 is 1.10 bits per heavy atom. The van der Waals surface area contributed by atoms with Gasteiger partial charge in [0.05, 0.1) is 21.0 Å². The average molecular weight is 459 g/mol. The van der Waals surface area contributed by atoms with Crippen LogP contribution in [0, 0.1) is 11.7 Å². The highest BCUT2D eigenvalue weighted by molar-refractivity contribution is 7.89. The van der Waals surface area contributed by atoms with Crippen LogP contribution < -0.4 is 5.32 Å².